The van der Waals surface area contributed by atoms with E-state index in [1.165, 1.54) is 6.33 Å². The molecule has 2 aliphatic rings. The zero-order valence-electron chi connectivity index (χ0n) is 31.6. The van der Waals surface area contributed by atoms with Gasteiger partial charge in [-0.2, -0.15) is 4.98 Å². The number of carbonyl (C=O) groups is 1. The van der Waals surface area contributed by atoms with Crippen molar-refractivity contribution in [2.24, 2.45) is 0 Å². The topological polar surface area (TPSA) is 165 Å². The van der Waals surface area contributed by atoms with Crippen molar-refractivity contribution in [2.45, 2.75) is 76.6 Å². The molecule has 14 nitrogen and oxygen atoms in total. The maximum absolute atomic E-state index is 14.3. The van der Waals surface area contributed by atoms with Gasteiger partial charge in [0.1, 0.15) is 18.3 Å². The van der Waals surface area contributed by atoms with E-state index in [4.69, 9.17) is 27.7 Å². The van der Waals surface area contributed by atoms with Gasteiger partial charge in [0.2, 0.25) is 5.95 Å². The number of rotatable bonds is 13. The fourth-order valence-electron chi connectivity index (χ4n) is 7.52. The van der Waals surface area contributed by atoms with E-state index in [0.717, 1.165) is 10.4 Å². The summed E-state index contributed by atoms with van der Waals surface area (Å²) in [6, 6.07) is 29.0. The second-order valence-corrected chi connectivity index (χ2v) is 21.1. The number of H-pyrrole nitrogens is 1. The number of aromatic amines is 1. The molecule has 0 saturated carbocycles. The van der Waals surface area contributed by atoms with Gasteiger partial charge in [-0.05, 0) is 41.4 Å². The summed E-state index contributed by atoms with van der Waals surface area (Å²) in [5, 5.41) is 4.50. The number of hydrogen-bond acceptors (Lipinski definition) is 11. The third-order valence-electron chi connectivity index (χ3n) is 9.95. The molecule has 2 saturated heterocycles. The van der Waals surface area contributed by atoms with Crippen LogP contribution in [-0.2, 0) is 32.2 Å². The van der Waals surface area contributed by atoms with Crippen molar-refractivity contribution in [3.63, 3.8) is 0 Å². The summed E-state index contributed by atoms with van der Waals surface area (Å²) >= 11 is 0. The average molecular weight is 788 g/mol. The van der Waals surface area contributed by atoms with Gasteiger partial charge >= 0.3 is 7.60 Å². The van der Waals surface area contributed by atoms with Crippen LogP contribution in [0.2, 0.25) is 5.04 Å². The summed E-state index contributed by atoms with van der Waals surface area (Å²) < 4.78 is 54.6. The molecule has 4 heterocycles. The molecular formula is C39H46N5O9PSi. The van der Waals surface area contributed by atoms with Crippen molar-refractivity contribution in [2.75, 3.05) is 25.1 Å². The zero-order valence-corrected chi connectivity index (χ0v) is 33.5. The number of nitrogens with one attached hydrogen (secondary N) is 2. The molecule has 5 aromatic rings. The first-order valence-electron chi connectivity index (χ1n) is 18.3. The standard InChI is InChI=1S/C39H46N5O9PSi/c1-7-48-54(47,49-8-2)39(6)52-31-29(24-50-55(38(3,4)5,27-20-14-10-15-21-27)28-22-16-11-17-23-28)51-36(32(31)53-39)44-25-40-30-33(44)41-37(43-35(30)46)42-34(45)26-18-12-9-13-19-26/h9-23,25,29,31-32,36H,7-8,24H2,1-6H3,(H2,41,42,43,45,46)/t29-,31-,32-,36-,39+/m1/s1. The van der Waals surface area contributed by atoms with E-state index in [-0.39, 0.29) is 42.0 Å². The molecule has 0 unspecified atom stereocenters. The molecular weight excluding hydrogens is 742 g/mol. The number of aromatic nitrogens is 4. The lowest BCUT2D eigenvalue weighted by atomic mass is 10.1. The number of hydrogen-bond donors (Lipinski definition) is 2. The Morgan fingerprint density at radius 3 is 2.05 bits per heavy atom. The number of benzene rings is 3. The lowest BCUT2D eigenvalue weighted by Crippen LogP contribution is -2.67. The maximum Gasteiger partial charge on any atom is 0.389 e. The molecule has 0 aliphatic carbocycles. The molecule has 55 heavy (non-hydrogen) atoms. The lowest BCUT2D eigenvalue weighted by Gasteiger charge is -2.43. The van der Waals surface area contributed by atoms with Crippen LogP contribution in [0.1, 0.15) is 58.1 Å². The van der Waals surface area contributed by atoms with E-state index in [2.05, 4.69) is 65.3 Å². The Balaban J connectivity index is 1.29. The molecule has 290 valence electrons. The van der Waals surface area contributed by atoms with Crippen molar-refractivity contribution in [3.8, 4) is 0 Å². The van der Waals surface area contributed by atoms with Crippen molar-refractivity contribution in [3.05, 3.63) is 113 Å². The van der Waals surface area contributed by atoms with Crippen molar-refractivity contribution < 1.29 is 37.0 Å². The molecule has 1 amide bonds. The quantitative estimate of drug-likeness (QED) is 0.113. The number of anilines is 1. The number of imidazole rings is 1. The lowest BCUT2D eigenvalue weighted by molar-refractivity contribution is -0.175. The highest BCUT2D eigenvalue weighted by Crippen LogP contribution is 2.65. The minimum Gasteiger partial charge on any atom is -0.405 e. The number of ether oxygens (including phenoxy) is 3. The number of nitrogens with zero attached hydrogens (tertiary/aromatic N) is 3. The van der Waals surface area contributed by atoms with E-state index in [1.807, 2.05) is 36.4 Å². The van der Waals surface area contributed by atoms with E-state index < -0.39 is 57.4 Å². The van der Waals surface area contributed by atoms with Crippen LogP contribution in [0.15, 0.2) is 102 Å². The number of carbonyl (C=O) groups excluding carboxylic acids is 1. The second kappa shape index (κ2) is 15.3. The SMILES string of the molecule is CCOP(=O)(OCC)[C@]1(C)O[C@@H]2[C@H](O1)[C@@H](CO[Si](c1ccccc1)(c1ccccc1)C(C)(C)C)O[C@H]2n1cnc2c(=O)[nH]c(NC(=O)c3ccccc3)nc21. The molecule has 2 aliphatic heterocycles. The molecule has 0 radical (unpaired) electrons. The Labute approximate surface area is 320 Å². The highest BCUT2D eigenvalue weighted by Gasteiger charge is 2.65. The van der Waals surface area contributed by atoms with Crippen LogP contribution in [0, 0.1) is 0 Å². The molecule has 2 aromatic heterocycles. The summed E-state index contributed by atoms with van der Waals surface area (Å²) in [6.45, 7) is 11.8. The van der Waals surface area contributed by atoms with Gasteiger partial charge < -0.3 is 27.7 Å². The summed E-state index contributed by atoms with van der Waals surface area (Å²) in [6.07, 6.45) is -2.08. The highest BCUT2D eigenvalue weighted by molar-refractivity contribution is 7.55. The largest absolute Gasteiger partial charge is 0.405 e. The third kappa shape index (κ3) is 7.04. The van der Waals surface area contributed by atoms with Crippen molar-refractivity contribution in [1.82, 2.24) is 19.5 Å². The minimum absolute atomic E-state index is 0.0147. The van der Waals surface area contributed by atoms with Gasteiger partial charge in [0, 0.05) is 12.5 Å². The predicted octanol–water partition coefficient (Wildman–Crippen LogP) is 5.57. The van der Waals surface area contributed by atoms with Crippen LogP contribution in [0.4, 0.5) is 5.95 Å². The van der Waals surface area contributed by atoms with Gasteiger partial charge in [-0.25, -0.2) is 4.98 Å². The smallest absolute Gasteiger partial charge is 0.389 e. The summed E-state index contributed by atoms with van der Waals surface area (Å²) in [5.74, 6) is -0.544. The van der Waals surface area contributed by atoms with Crippen LogP contribution in [0.5, 0.6) is 0 Å². The van der Waals surface area contributed by atoms with Crippen LogP contribution in [-0.4, -0.2) is 77.4 Å². The predicted molar refractivity (Wildman–Crippen MR) is 209 cm³/mol. The van der Waals surface area contributed by atoms with Crippen molar-refractivity contribution in [1.29, 1.82) is 0 Å². The van der Waals surface area contributed by atoms with Crippen LogP contribution in [0.3, 0.4) is 0 Å². The van der Waals surface area contributed by atoms with E-state index in [9.17, 15) is 14.2 Å². The van der Waals surface area contributed by atoms with Gasteiger partial charge in [0.05, 0.1) is 26.1 Å². The summed E-state index contributed by atoms with van der Waals surface area (Å²) in [7, 11) is -7.07. The molecule has 16 heteroatoms. The molecule has 5 atom stereocenters. The minimum atomic E-state index is -4.02. The third-order valence-corrected chi connectivity index (χ3v) is 17.4. The fourth-order valence-corrected chi connectivity index (χ4v) is 13.8. The Hall–Kier alpha value is -4.31. The van der Waals surface area contributed by atoms with E-state index in [1.54, 1.807) is 55.7 Å². The normalized spacial score (nSPS) is 22.9. The van der Waals surface area contributed by atoms with Crippen LogP contribution >= 0.6 is 7.60 Å². The molecule has 0 spiro atoms. The van der Waals surface area contributed by atoms with Crippen LogP contribution < -0.4 is 21.2 Å². The molecule has 0 bridgehead atoms. The number of amides is 1. The van der Waals surface area contributed by atoms with Gasteiger partial charge in [-0.15, -0.1) is 0 Å². The second-order valence-electron chi connectivity index (χ2n) is 14.5. The molecule has 2 fully saturated rings. The monoisotopic (exact) mass is 787 g/mol. The zero-order chi connectivity index (χ0) is 39.0. The Morgan fingerprint density at radius 1 is 0.927 bits per heavy atom. The highest BCUT2D eigenvalue weighted by atomic mass is 31.2. The first-order chi connectivity index (χ1) is 26.3. The average Bonchev–Trinajstić information content (AvgIpc) is 3.85. The van der Waals surface area contributed by atoms with Crippen LogP contribution in [0.25, 0.3) is 11.2 Å². The van der Waals surface area contributed by atoms with Gasteiger partial charge in [0.25, 0.3) is 25.3 Å². The Bertz CT molecular complexity index is 2190. The Kier molecular flexibility index (Phi) is 10.8. The van der Waals surface area contributed by atoms with E-state index >= 15 is 0 Å². The molecule has 2 N–H and O–H groups in total. The van der Waals surface area contributed by atoms with Gasteiger partial charge in [0.15, 0.2) is 17.4 Å². The van der Waals surface area contributed by atoms with E-state index in [0.29, 0.717) is 5.56 Å². The van der Waals surface area contributed by atoms with Crippen molar-refractivity contribution >= 4 is 49.3 Å². The van der Waals surface area contributed by atoms with Gasteiger partial charge in [-0.1, -0.05) is 99.6 Å². The summed E-state index contributed by atoms with van der Waals surface area (Å²) in [4.78, 5) is 37.9. The van der Waals surface area contributed by atoms with Gasteiger partial charge in [-0.3, -0.25) is 29.0 Å². The first kappa shape index (κ1) is 38.9. The number of fused-ring (bicyclic) bond motifs is 2. The molecule has 3 aromatic carbocycles. The first-order valence-corrected chi connectivity index (χ1v) is 21.8. The maximum atomic E-state index is 14.3. The fraction of sp³-hybridized carbons (Fsp3) is 0.385. The molecule has 7 rings (SSSR count). The summed E-state index contributed by atoms with van der Waals surface area (Å²) in [5.41, 5.74) is -1.87. The Morgan fingerprint density at radius 2 is 1.49 bits per heavy atom.